The van der Waals surface area contributed by atoms with Crippen molar-refractivity contribution in [2.24, 2.45) is 7.05 Å². The number of imidazole rings is 1. The van der Waals surface area contributed by atoms with Gasteiger partial charge in [-0.25, -0.2) is 4.57 Å². The summed E-state index contributed by atoms with van der Waals surface area (Å²) in [4.78, 5) is 0. The second kappa shape index (κ2) is 11.5. The summed E-state index contributed by atoms with van der Waals surface area (Å²) >= 11 is 0. The van der Waals surface area contributed by atoms with E-state index in [4.69, 9.17) is 4.42 Å². The smallest absolute Gasteiger partial charge is 0.299 e. The molecule has 0 atom stereocenters. The fraction of sp³-hybridized carbons (Fsp3) is 0.340. The van der Waals surface area contributed by atoms with Crippen LogP contribution in [0.3, 0.4) is 0 Å². The normalized spacial score (nSPS) is 15.5. The van der Waals surface area contributed by atoms with Crippen LogP contribution in [0, 0.1) is 6.92 Å². The summed E-state index contributed by atoms with van der Waals surface area (Å²) in [6.07, 6.45) is 2.30. The van der Waals surface area contributed by atoms with E-state index in [0.29, 0.717) is 11.8 Å². The van der Waals surface area contributed by atoms with Crippen LogP contribution < -0.4 is 4.57 Å². The molecular weight excluding hydrogens is 609 g/mol. The Morgan fingerprint density at radius 1 is 0.700 bits per heavy atom. The Kier molecular flexibility index (Phi) is 7.46. The van der Waals surface area contributed by atoms with Crippen LogP contribution in [0.1, 0.15) is 108 Å². The Hall–Kier alpha value is -4.63. The monoisotopic (exact) mass is 659 g/mol. The van der Waals surface area contributed by atoms with Gasteiger partial charge in [-0.15, -0.1) is 0 Å². The van der Waals surface area contributed by atoms with Crippen molar-refractivity contribution in [1.82, 2.24) is 4.57 Å². The first-order valence-corrected chi connectivity index (χ1v) is 18.5. The molecule has 0 saturated heterocycles. The summed E-state index contributed by atoms with van der Waals surface area (Å²) < 4.78 is 12.1. The maximum Gasteiger partial charge on any atom is 0.299 e. The number of para-hydroxylation sites is 3. The third-order valence-electron chi connectivity index (χ3n) is 11.8. The minimum absolute atomic E-state index is 0.0230. The van der Waals surface area contributed by atoms with E-state index >= 15 is 0 Å². The molecule has 3 nitrogen and oxygen atoms in total. The van der Waals surface area contributed by atoms with Crippen molar-refractivity contribution < 1.29 is 8.98 Å². The Morgan fingerprint density at radius 3 is 1.94 bits per heavy atom. The molecule has 0 radical (unpaired) electrons. The van der Waals surface area contributed by atoms with Gasteiger partial charge in [0.1, 0.15) is 16.8 Å². The molecule has 2 heterocycles. The number of hydrogen-bond acceptors (Lipinski definition) is 1. The lowest BCUT2D eigenvalue weighted by Gasteiger charge is -2.43. The lowest BCUT2D eigenvalue weighted by atomic mass is 9.60. The van der Waals surface area contributed by atoms with Gasteiger partial charge in [0.2, 0.25) is 0 Å². The van der Waals surface area contributed by atoms with Crippen molar-refractivity contribution in [2.75, 3.05) is 0 Å². The first-order chi connectivity index (χ1) is 23.8. The van der Waals surface area contributed by atoms with Crippen LogP contribution >= 0.6 is 0 Å². The summed E-state index contributed by atoms with van der Waals surface area (Å²) in [5.74, 6) is 1.79. The van der Waals surface area contributed by atoms with Crippen molar-refractivity contribution in [1.29, 1.82) is 0 Å². The van der Waals surface area contributed by atoms with Gasteiger partial charge < -0.3 is 4.42 Å². The molecule has 1 aliphatic rings. The number of benzene rings is 5. The van der Waals surface area contributed by atoms with E-state index in [2.05, 4.69) is 169 Å². The third-order valence-corrected chi connectivity index (χ3v) is 11.8. The number of rotatable bonds is 5. The molecule has 0 saturated carbocycles. The highest BCUT2D eigenvalue weighted by Crippen LogP contribution is 2.55. The first kappa shape index (κ1) is 32.6. The molecule has 0 fully saturated rings. The molecular formula is C47H51N2O+. The maximum absolute atomic E-state index is 7.09. The van der Waals surface area contributed by atoms with Gasteiger partial charge in [-0.1, -0.05) is 116 Å². The second-order valence-electron chi connectivity index (χ2n) is 16.7. The SMILES string of the molecule is Cc1c2c(c3c(oc4ccccc43)c1-c1n(-c3c(C(C)C)cc(-c4ccccc4)cc3C(C)C)c3ccccc3[n+]1C)C(C)(C)CCC2(C)C. The van der Waals surface area contributed by atoms with Gasteiger partial charge in [-0.2, -0.15) is 4.57 Å². The molecule has 3 heteroatoms. The highest BCUT2D eigenvalue weighted by atomic mass is 16.3. The number of furan rings is 1. The van der Waals surface area contributed by atoms with E-state index in [1.165, 1.54) is 77.8 Å². The highest BCUT2D eigenvalue weighted by molar-refractivity contribution is 6.13. The van der Waals surface area contributed by atoms with Crippen LogP contribution in [-0.4, -0.2) is 4.57 Å². The largest absolute Gasteiger partial charge is 0.455 e. The van der Waals surface area contributed by atoms with Gasteiger partial charge in [0.05, 0.1) is 7.05 Å². The maximum atomic E-state index is 7.09. The van der Waals surface area contributed by atoms with Crippen LogP contribution in [-0.2, 0) is 17.9 Å². The Bertz CT molecular complexity index is 2420. The first-order valence-electron chi connectivity index (χ1n) is 18.5. The van der Waals surface area contributed by atoms with Gasteiger partial charge >= 0.3 is 0 Å². The highest BCUT2D eigenvalue weighted by Gasteiger charge is 2.44. The van der Waals surface area contributed by atoms with E-state index in [9.17, 15) is 0 Å². The molecule has 0 spiro atoms. The minimum atomic E-state index is 0.0230. The number of nitrogens with zero attached hydrogens (tertiary/aromatic N) is 2. The molecule has 254 valence electrons. The number of fused-ring (bicyclic) bond motifs is 6. The fourth-order valence-electron chi connectivity index (χ4n) is 9.18. The van der Waals surface area contributed by atoms with Crippen molar-refractivity contribution in [3.05, 3.63) is 119 Å². The lowest BCUT2D eigenvalue weighted by molar-refractivity contribution is -0.633. The van der Waals surface area contributed by atoms with E-state index in [0.717, 1.165) is 24.0 Å². The van der Waals surface area contributed by atoms with E-state index in [-0.39, 0.29) is 10.8 Å². The molecule has 8 rings (SSSR count). The number of hydrogen-bond donors (Lipinski definition) is 0. The summed E-state index contributed by atoms with van der Waals surface area (Å²) in [5, 5.41) is 2.51. The molecule has 0 bridgehead atoms. The van der Waals surface area contributed by atoms with Crippen LogP contribution in [0.4, 0.5) is 0 Å². The van der Waals surface area contributed by atoms with Crippen molar-refractivity contribution in [3.63, 3.8) is 0 Å². The van der Waals surface area contributed by atoms with Gasteiger partial charge in [0, 0.05) is 21.9 Å². The summed E-state index contributed by atoms with van der Waals surface area (Å²) in [7, 11) is 2.25. The Balaban J connectivity index is 1.59. The van der Waals surface area contributed by atoms with Gasteiger partial charge in [0.15, 0.2) is 16.6 Å². The zero-order valence-electron chi connectivity index (χ0n) is 31.5. The zero-order valence-corrected chi connectivity index (χ0v) is 31.5. The molecule has 2 aromatic heterocycles. The summed E-state index contributed by atoms with van der Waals surface area (Å²) in [6, 6.07) is 33.4. The van der Waals surface area contributed by atoms with Gasteiger partial charge in [-0.05, 0) is 101 Å². The zero-order chi connectivity index (χ0) is 35.3. The van der Waals surface area contributed by atoms with Crippen molar-refractivity contribution in [2.45, 2.75) is 97.8 Å². The summed E-state index contributed by atoms with van der Waals surface area (Å²) in [5.41, 5.74) is 16.5. The van der Waals surface area contributed by atoms with Crippen LogP contribution in [0.5, 0.6) is 0 Å². The molecule has 0 N–H and O–H groups in total. The standard InChI is InChI=1S/C47H51N2O/c1-28(2)34-26-32(31-18-12-11-13-19-31)27-35(29(3)4)43(34)49-37-22-16-15-21-36(37)48(10)45(49)39-30(5)41-42(47(8,9)25-24-46(41,6)7)40-33-20-14-17-23-38(33)50-44(39)40/h11-23,26-29H,24-25H2,1-10H3/q+1. The predicted molar refractivity (Wildman–Crippen MR) is 211 cm³/mol. The Labute approximate surface area is 297 Å². The molecule has 0 amide bonds. The molecule has 0 aliphatic heterocycles. The number of aromatic nitrogens is 2. The Morgan fingerprint density at radius 2 is 1.28 bits per heavy atom. The molecule has 50 heavy (non-hydrogen) atoms. The fourth-order valence-corrected chi connectivity index (χ4v) is 9.18. The predicted octanol–water partition coefficient (Wildman–Crippen LogP) is 12.6. The molecule has 7 aromatic rings. The topological polar surface area (TPSA) is 21.9 Å². The average Bonchev–Trinajstić information content (AvgIpc) is 3.61. The average molecular weight is 660 g/mol. The van der Waals surface area contributed by atoms with Gasteiger partial charge in [0.25, 0.3) is 5.82 Å². The van der Waals surface area contributed by atoms with Gasteiger partial charge in [-0.3, -0.25) is 0 Å². The van der Waals surface area contributed by atoms with Crippen molar-refractivity contribution >= 4 is 33.0 Å². The third kappa shape index (κ3) is 4.72. The van der Waals surface area contributed by atoms with Crippen molar-refractivity contribution in [3.8, 4) is 28.2 Å². The minimum Gasteiger partial charge on any atom is -0.455 e. The van der Waals surface area contributed by atoms with E-state index in [1.807, 2.05) is 0 Å². The number of aryl methyl sites for hydroxylation is 1. The lowest BCUT2D eigenvalue weighted by Crippen LogP contribution is -2.36. The quantitative estimate of drug-likeness (QED) is 0.169. The molecule has 0 unspecified atom stereocenters. The van der Waals surface area contributed by atoms with E-state index in [1.54, 1.807) is 0 Å². The van der Waals surface area contributed by atoms with Crippen LogP contribution in [0.2, 0.25) is 0 Å². The van der Waals surface area contributed by atoms with E-state index < -0.39 is 0 Å². The van der Waals surface area contributed by atoms with Crippen LogP contribution in [0.15, 0.2) is 95.4 Å². The molecule has 1 aliphatic carbocycles. The molecule has 5 aromatic carbocycles. The second-order valence-corrected chi connectivity index (χ2v) is 16.7. The van der Waals surface area contributed by atoms with Crippen LogP contribution in [0.25, 0.3) is 61.2 Å². The summed E-state index contributed by atoms with van der Waals surface area (Å²) in [6.45, 7) is 21.5.